The van der Waals surface area contributed by atoms with Crippen LogP contribution in [0.15, 0.2) is 24.4 Å². The molecule has 2 N–H and O–H groups in total. The molecule has 27 heavy (non-hydrogen) atoms. The molecule has 3 aromatic rings. The van der Waals surface area contributed by atoms with Crippen molar-refractivity contribution in [1.82, 2.24) is 35.4 Å². The summed E-state index contributed by atoms with van der Waals surface area (Å²) in [6.45, 7) is 5.65. The van der Waals surface area contributed by atoms with Gasteiger partial charge in [-0.2, -0.15) is 5.10 Å². The van der Waals surface area contributed by atoms with Crippen LogP contribution in [0.4, 0.5) is 5.95 Å². The van der Waals surface area contributed by atoms with Crippen LogP contribution in [0.25, 0.3) is 5.82 Å². The summed E-state index contributed by atoms with van der Waals surface area (Å²) < 4.78 is 6.59. The first kappa shape index (κ1) is 18.2. The number of carbonyl (C=O) groups is 1. The summed E-state index contributed by atoms with van der Waals surface area (Å²) >= 11 is 0. The van der Waals surface area contributed by atoms with Gasteiger partial charge in [0.1, 0.15) is 0 Å². The summed E-state index contributed by atoms with van der Waals surface area (Å²) in [5, 5.41) is 12.3. The van der Waals surface area contributed by atoms with Crippen LogP contribution in [0.1, 0.15) is 34.4 Å². The fourth-order valence-electron chi connectivity index (χ4n) is 2.60. The molecule has 0 fully saturated rings. The van der Waals surface area contributed by atoms with E-state index in [9.17, 15) is 4.79 Å². The highest BCUT2D eigenvalue weighted by molar-refractivity contribution is 5.95. The van der Waals surface area contributed by atoms with Crippen molar-refractivity contribution in [3.05, 3.63) is 47.0 Å². The van der Waals surface area contributed by atoms with Gasteiger partial charge < -0.3 is 4.74 Å². The molecule has 10 heteroatoms. The Bertz CT molecular complexity index is 932. The lowest BCUT2D eigenvalue weighted by Crippen LogP contribution is -2.31. The van der Waals surface area contributed by atoms with E-state index >= 15 is 0 Å². The fourth-order valence-corrected chi connectivity index (χ4v) is 2.60. The number of amides is 1. The topological polar surface area (TPSA) is 120 Å². The van der Waals surface area contributed by atoms with E-state index in [0.717, 1.165) is 11.4 Å². The van der Waals surface area contributed by atoms with Crippen molar-refractivity contribution in [3.63, 3.8) is 0 Å². The zero-order chi connectivity index (χ0) is 19.4. The van der Waals surface area contributed by atoms with Crippen molar-refractivity contribution in [3.8, 4) is 11.7 Å². The van der Waals surface area contributed by atoms with E-state index in [1.165, 1.54) is 13.3 Å². The van der Waals surface area contributed by atoms with Crippen LogP contribution in [-0.4, -0.2) is 43.0 Å². The van der Waals surface area contributed by atoms with Crippen molar-refractivity contribution in [1.29, 1.82) is 0 Å². The minimum Gasteiger partial charge on any atom is -0.480 e. The Morgan fingerprint density at radius 1 is 1.19 bits per heavy atom. The van der Waals surface area contributed by atoms with Gasteiger partial charge in [-0.3, -0.25) is 15.6 Å². The van der Waals surface area contributed by atoms with Crippen molar-refractivity contribution < 1.29 is 9.53 Å². The van der Waals surface area contributed by atoms with E-state index in [2.05, 4.69) is 36.1 Å². The van der Waals surface area contributed by atoms with Crippen LogP contribution < -0.4 is 15.6 Å². The van der Waals surface area contributed by atoms with Crippen LogP contribution in [-0.2, 0) is 6.42 Å². The average Bonchev–Trinajstić information content (AvgIpc) is 3.09. The maximum Gasteiger partial charge on any atom is 0.273 e. The summed E-state index contributed by atoms with van der Waals surface area (Å²) in [5.74, 6) is 0.881. The molecule has 140 valence electrons. The van der Waals surface area contributed by atoms with Crippen LogP contribution in [0.2, 0.25) is 0 Å². The van der Waals surface area contributed by atoms with Gasteiger partial charge in [-0.25, -0.2) is 14.6 Å². The van der Waals surface area contributed by atoms with E-state index in [1.807, 2.05) is 26.8 Å². The van der Waals surface area contributed by atoms with E-state index in [0.29, 0.717) is 35.3 Å². The number of rotatable bonds is 6. The summed E-state index contributed by atoms with van der Waals surface area (Å²) in [4.78, 5) is 21.0. The minimum absolute atomic E-state index is 0.326. The molecular formula is C17H20N8O2. The highest BCUT2D eigenvalue weighted by Crippen LogP contribution is 2.15. The molecule has 0 aliphatic carbocycles. The van der Waals surface area contributed by atoms with Gasteiger partial charge in [0.25, 0.3) is 5.91 Å². The normalized spacial score (nSPS) is 10.5. The maximum atomic E-state index is 12.6. The Hall–Kier alpha value is -3.56. The number of ether oxygens (including phenoxy) is 1. The number of methoxy groups -OCH3 is 1. The lowest BCUT2D eigenvalue weighted by atomic mass is 10.2. The van der Waals surface area contributed by atoms with Crippen LogP contribution >= 0.6 is 0 Å². The molecule has 0 saturated heterocycles. The Morgan fingerprint density at radius 3 is 2.52 bits per heavy atom. The minimum atomic E-state index is -0.345. The monoisotopic (exact) mass is 368 g/mol. The zero-order valence-electron chi connectivity index (χ0n) is 15.5. The van der Waals surface area contributed by atoms with Crippen molar-refractivity contribution >= 4 is 11.9 Å². The molecule has 0 saturated carbocycles. The largest absolute Gasteiger partial charge is 0.480 e. The first-order valence-electron chi connectivity index (χ1n) is 8.35. The van der Waals surface area contributed by atoms with Crippen LogP contribution in [0, 0.1) is 13.8 Å². The second-order valence-corrected chi connectivity index (χ2v) is 5.76. The Kier molecular flexibility index (Phi) is 5.25. The molecule has 0 aliphatic rings. The Morgan fingerprint density at radius 2 is 1.93 bits per heavy atom. The molecule has 0 aromatic carbocycles. The number of aromatic nitrogens is 6. The molecule has 0 bridgehead atoms. The SMILES string of the molecule is CCc1c(C(=O)NNc2nc(C)cc(C)n2)cnn1-c1ccc(OC)nn1. The first-order chi connectivity index (χ1) is 13.0. The molecule has 1 amide bonds. The third kappa shape index (κ3) is 4.00. The summed E-state index contributed by atoms with van der Waals surface area (Å²) in [5.41, 5.74) is 8.08. The van der Waals surface area contributed by atoms with Crippen molar-refractivity contribution in [2.24, 2.45) is 0 Å². The maximum absolute atomic E-state index is 12.6. The van der Waals surface area contributed by atoms with Crippen LogP contribution in [0.3, 0.4) is 0 Å². The highest BCUT2D eigenvalue weighted by atomic mass is 16.5. The number of carbonyl (C=O) groups excluding carboxylic acids is 1. The highest BCUT2D eigenvalue weighted by Gasteiger charge is 2.18. The predicted octanol–water partition coefficient (Wildman–Crippen LogP) is 1.40. The molecule has 0 atom stereocenters. The fraction of sp³-hybridized carbons (Fsp3) is 0.294. The van der Waals surface area contributed by atoms with Crippen LogP contribution in [0.5, 0.6) is 5.88 Å². The molecule has 0 radical (unpaired) electrons. The summed E-state index contributed by atoms with van der Waals surface area (Å²) in [6, 6.07) is 5.26. The van der Waals surface area contributed by atoms with E-state index in [-0.39, 0.29) is 5.91 Å². The number of anilines is 1. The lowest BCUT2D eigenvalue weighted by molar-refractivity contribution is 0.0961. The van der Waals surface area contributed by atoms with E-state index in [4.69, 9.17) is 4.74 Å². The number of aryl methyl sites for hydroxylation is 2. The first-order valence-corrected chi connectivity index (χ1v) is 8.35. The van der Waals surface area contributed by atoms with Gasteiger partial charge in [0.15, 0.2) is 5.82 Å². The van der Waals surface area contributed by atoms with Gasteiger partial charge in [-0.1, -0.05) is 6.92 Å². The third-order valence-corrected chi connectivity index (χ3v) is 3.77. The number of hydrogen-bond acceptors (Lipinski definition) is 8. The number of nitrogens with zero attached hydrogens (tertiary/aromatic N) is 6. The summed E-state index contributed by atoms with van der Waals surface area (Å²) in [6.07, 6.45) is 2.07. The lowest BCUT2D eigenvalue weighted by Gasteiger charge is -2.09. The van der Waals surface area contributed by atoms with Gasteiger partial charge in [-0.05, 0) is 32.4 Å². The average molecular weight is 368 g/mol. The standard InChI is InChI=1S/C17H20N8O2/c1-5-13-12(9-18-25(13)14-6-7-15(27-4)22-21-14)16(26)23-24-17-19-10(2)8-11(3)20-17/h6-9H,5H2,1-4H3,(H,23,26)(H,19,20,24). The molecule has 3 rings (SSSR count). The second kappa shape index (κ2) is 7.77. The van der Waals surface area contributed by atoms with E-state index < -0.39 is 0 Å². The van der Waals surface area contributed by atoms with Crippen molar-refractivity contribution in [2.75, 3.05) is 12.5 Å². The Labute approximate surface area is 156 Å². The summed E-state index contributed by atoms with van der Waals surface area (Å²) in [7, 11) is 1.52. The molecular weight excluding hydrogens is 348 g/mol. The van der Waals surface area contributed by atoms with Gasteiger partial charge in [0.05, 0.1) is 24.6 Å². The van der Waals surface area contributed by atoms with Gasteiger partial charge in [0, 0.05) is 17.5 Å². The number of hydrazine groups is 1. The molecule has 3 aromatic heterocycles. The number of hydrogen-bond donors (Lipinski definition) is 2. The second-order valence-electron chi connectivity index (χ2n) is 5.76. The van der Waals surface area contributed by atoms with Crippen molar-refractivity contribution in [2.45, 2.75) is 27.2 Å². The molecule has 0 aliphatic heterocycles. The van der Waals surface area contributed by atoms with Gasteiger partial charge in [-0.15, -0.1) is 10.2 Å². The van der Waals surface area contributed by atoms with E-state index in [1.54, 1.807) is 16.8 Å². The van der Waals surface area contributed by atoms with Gasteiger partial charge in [0.2, 0.25) is 11.8 Å². The molecule has 10 nitrogen and oxygen atoms in total. The predicted molar refractivity (Wildman–Crippen MR) is 97.7 cm³/mol. The van der Waals surface area contributed by atoms with Gasteiger partial charge >= 0.3 is 0 Å². The zero-order valence-corrected chi connectivity index (χ0v) is 15.5. The quantitative estimate of drug-likeness (QED) is 0.627. The molecule has 3 heterocycles. The smallest absolute Gasteiger partial charge is 0.273 e. The number of nitrogens with one attached hydrogen (secondary N) is 2. The Balaban J connectivity index is 1.79. The molecule has 0 spiro atoms. The molecule has 0 unspecified atom stereocenters. The third-order valence-electron chi connectivity index (χ3n) is 3.77.